The Morgan fingerprint density at radius 3 is 2.44 bits per heavy atom. The summed E-state index contributed by atoms with van der Waals surface area (Å²) in [5.41, 5.74) is 8.71. The van der Waals surface area contributed by atoms with Crippen LogP contribution in [0.4, 0.5) is 18.0 Å². The molecule has 0 fully saturated rings. The number of hydrogen-bond donors (Lipinski definition) is 3. The summed E-state index contributed by atoms with van der Waals surface area (Å²) in [6, 6.07) is 16.3. The third-order valence-corrected chi connectivity index (χ3v) is 6.33. The maximum atomic E-state index is 13.1. The van der Waals surface area contributed by atoms with Crippen molar-refractivity contribution < 1.29 is 27.9 Å². The summed E-state index contributed by atoms with van der Waals surface area (Å²) >= 11 is 0. The molecule has 0 saturated carbocycles. The van der Waals surface area contributed by atoms with E-state index < -0.39 is 23.7 Å². The zero-order valence-electron chi connectivity index (χ0n) is 19.4. The number of phenols is 1. The van der Waals surface area contributed by atoms with Crippen molar-refractivity contribution in [1.29, 1.82) is 0 Å². The van der Waals surface area contributed by atoms with Gasteiger partial charge in [-0.2, -0.15) is 13.2 Å². The molecule has 36 heavy (non-hydrogen) atoms. The fraction of sp³-hybridized carbons (Fsp3) is 0.259. The molecule has 0 aliphatic carbocycles. The lowest BCUT2D eigenvalue weighted by atomic mass is 9.90. The number of rotatable bonds is 6. The SMILES string of the molecule is NC(=O)CC[C@H](NC(=O)N1CCc2c(cccc2-c2ccc(C(F)(F)F)cc2)C1)c1cccc(O)c1. The van der Waals surface area contributed by atoms with Gasteiger partial charge in [0.2, 0.25) is 5.91 Å². The predicted molar refractivity (Wildman–Crippen MR) is 129 cm³/mol. The van der Waals surface area contributed by atoms with Gasteiger partial charge in [-0.05, 0) is 64.9 Å². The van der Waals surface area contributed by atoms with Gasteiger partial charge in [0.1, 0.15) is 5.75 Å². The van der Waals surface area contributed by atoms with E-state index in [1.165, 1.54) is 24.3 Å². The van der Waals surface area contributed by atoms with E-state index in [2.05, 4.69) is 5.32 Å². The first-order valence-electron chi connectivity index (χ1n) is 11.5. The van der Waals surface area contributed by atoms with Crippen LogP contribution in [0.5, 0.6) is 5.75 Å². The standard InChI is InChI=1S/C27H26F3N3O3/c28-27(29,30)20-9-7-17(8-10-20)22-6-2-4-19-16-33(14-13-23(19)22)26(36)32-24(11-12-25(31)35)18-3-1-5-21(34)15-18/h1-10,15,24,34H,11-14,16H2,(H2,31,35)(H,32,36)/t24-/m0/s1. The van der Waals surface area contributed by atoms with Gasteiger partial charge in [-0.25, -0.2) is 4.79 Å². The summed E-state index contributed by atoms with van der Waals surface area (Å²) in [5, 5.41) is 12.8. The summed E-state index contributed by atoms with van der Waals surface area (Å²) in [6.45, 7) is 0.747. The van der Waals surface area contributed by atoms with Crippen LogP contribution in [-0.4, -0.2) is 28.5 Å². The van der Waals surface area contributed by atoms with Crippen molar-refractivity contribution in [3.05, 3.63) is 89.0 Å². The Balaban J connectivity index is 1.51. The van der Waals surface area contributed by atoms with Gasteiger partial charge in [0.15, 0.2) is 0 Å². The number of phenolic OH excluding ortho intramolecular Hbond substituents is 1. The molecular formula is C27H26F3N3O3. The number of carbonyl (C=O) groups is 2. The first-order chi connectivity index (χ1) is 17.1. The smallest absolute Gasteiger partial charge is 0.416 e. The van der Waals surface area contributed by atoms with E-state index in [1.54, 1.807) is 17.0 Å². The number of primary amides is 1. The molecule has 3 aromatic carbocycles. The maximum Gasteiger partial charge on any atom is 0.416 e. The van der Waals surface area contributed by atoms with Gasteiger partial charge in [0.25, 0.3) is 0 Å². The lowest BCUT2D eigenvalue weighted by molar-refractivity contribution is -0.137. The molecule has 6 nitrogen and oxygen atoms in total. The summed E-state index contributed by atoms with van der Waals surface area (Å²) in [7, 11) is 0. The largest absolute Gasteiger partial charge is 0.508 e. The van der Waals surface area contributed by atoms with Crippen molar-refractivity contribution in [1.82, 2.24) is 10.2 Å². The molecule has 0 bridgehead atoms. The lowest BCUT2D eigenvalue weighted by Gasteiger charge is -2.32. The molecule has 3 aromatic rings. The van der Waals surface area contributed by atoms with Gasteiger partial charge in [-0.3, -0.25) is 4.79 Å². The van der Waals surface area contributed by atoms with E-state index in [0.717, 1.165) is 28.8 Å². The Morgan fingerprint density at radius 2 is 1.78 bits per heavy atom. The van der Waals surface area contributed by atoms with Crippen LogP contribution >= 0.6 is 0 Å². The quantitative estimate of drug-likeness (QED) is 0.439. The van der Waals surface area contributed by atoms with Crippen molar-refractivity contribution in [3.8, 4) is 16.9 Å². The second-order valence-corrected chi connectivity index (χ2v) is 8.79. The number of amides is 3. The van der Waals surface area contributed by atoms with Crippen LogP contribution in [0.15, 0.2) is 66.7 Å². The highest BCUT2D eigenvalue weighted by atomic mass is 19.4. The van der Waals surface area contributed by atoms with E-state index in [4.69, 9.17) is 5.73 Å². The van der Waals surface area contributed by atoms with Crippen molar-refractivity contribution in [3.63, 3.8) is 0 Å². The minimum atomic E-state index is -4.39. The number of nitrogens with zero attached hydrogens (tertiary/aromatic N) is 1. The third kappa shape index (κ3) is 5.79. The minimum absolute atomic E-state index is 0.0496. The molecule has 1 aliphatic rings. The van der Waals surface area contributed by atoms with Crippen LogP contribution in [-0.2, 0) is 23.9 Å². The minimum Gasteiger partial charge on any atom is -0.508 e. The van der Waals surface area contributed by atoms with E-state index in [-0.39, 0.29) is 24.6 Å². The molecule has 0 saturated heterocycles. The Bertz CT molecular complexity index is 1260. The van der Waals surface area contributed by atoms with Gasteiger partial charge in [0, 0.05) is 19.5 Å². The number of nitrogens with two attached hydrogens (primary N) is 1. The summed E-state index contributed by atoms with van der Waals surface area (Å²) in [4.78, 5) is 26.1. The average Bonchev–Trinajstić information content (AvgIpc) is 2.85. The number of benzene rings is 3. The molecule has 1 heterocycles. The molecule has 0 aromatic heterocycles. The number of hydrogen-bond acceptors (Lipinski definition) is 3. The molecular weight excluding hydrogens is 471 g/mol. The van der Waals surface area contributed by atoms with E-state index in [0.29, 0.717) is 30.6 Å². The Labute approximate surface area is 206 Å². The fourth-order valence-electron chi connectivity index (χ4n) is 4.48. The Morgan fingerprint density at radius 1 is 1.06 bits per heavy atom. The van der Waals surface area contributed by atoms with Crippen molar-refractivity contribution >= 4 is 11.9 Å². The van der Waals surface area contributed by atoms with Crippen LogP contribution < -0.4 is 11.1 Å². The number of halogens is 3. The Kier molecular flexibility index (Phi) is 7.19. The van der Waals surface area contributed by atoms with E-state index >= 15 is 0 Å². The van der Waals surface area contributed by atoms with Crippen LogP contribution in [0.2, 0.25) is 0 Å². The van der Waals surface area contributed by atoms with Gasteiger partial charge in [-0.1, -0.05) is 42.5 Å². The topological polar surface area (TPSA) is 95.7 Å². The van der Waals surface area contributed by atoms with Crippen LogP contribution in [0.3, 0.4) is 0 Å². The average molecular weight is 498 g/mol. The highest BCUT2D eigenvalue weighted by Crippen LogP contribution is 2.34. The van der Waals surface area contributed by atoms with Crippen molar-refractivity contribution in [2.75, 3.05) is 6.54 Å². The predicted octanol–water partition coefficient (Wildman–Crippen LogP) is 5.15. The summed E-state index contributed by atoms with van der Waals surface area (Å²) in [6.07, 6.45) is -3.50. The second-order valence-electron chi connectivity index (χ2n) is 8.79. The van der Waals surface area contributed by atoms with Crippen LogP contribution in [0, 0.1) is 0 Å². The Hall–Kier alpha value is -4.01. The highest BCUT2D eigenvalue weighted by molar-refractivity contribution is 5.77. The fourth-order valence-corrected chi connectivity index (χ4v) is 4.48. The maximum absolute atomic E-state index is 13.1. The molecule has 3 amide bonds. The number of aromatic hydroxyl groups is 1. The third-order valence-electron chi connectivity index (χ3n) is 6.33. The van der Waals surface area contributed by atoms with Crippen molar-refractivity contribution in [2.45, 2.75) is 38.0 Å². The summed E-state index contributed by atoms with van der Waals surface area (Å²) < 4.78 is 38.8. The van der Waals surface area contributed by atoms with Gasteiger partial charge < -0.3 is 21.1 Å². The molecule has 0 radical (unpaired) electrons. The number of alkyl halides is 3. The summed E-state index contributed by atoms with van der Waals surface area (Å²) in [5.74, 6) is -0.439. The number of urea groups is 1. The molecule has 0 spiro atoms. The van der Waals surface area contributed by atoms with Gasteiger partial charge in [-0.15, -0.1) is 0 Å². The van der Waals surface area contributed by atoms with Crippen LogP contribution in [0.1, 0.15) is 41.1 Å². The number of carbonyl (C=O) groups excluding carboxylic acids is 2. The van der Waals surface area contributed by atoms with Gasteiger partial charge in [0.05, 0.1) is 11.6 Å². The van der Waals surface area contributed by atoms with Crippen LogP contribution in [0.25, 0.3) is 11.1 Å². The molecule has 1 aliphatic heterocycles. The molecule has 4 N–H and O–H groups in total. The first kappa shape index (κ1) is 25.1. The zero-order valence-corrected chi connectivity index (χ0v) is 19.4. The molecule has 4 rings (SSSR count). The van der Waals surface area contributed by atoms with Crippen molar-refractivity contribution in [2.24, 2.45) is 5.73 Å². The number of nitrogens with one attached hydrogen (secondary N) is 1. The normalized spacial score (nSPS) is 14.1. The second kappa shape index (κ2) is 10.3. The molecule has 1 atom stereocenters. The zero-order chi connectivity index (χ0) is 25.9. The molecule has 9 heteroatoms. The molecule has 188 valence electrons. The van der Waals surface area contributed by atoms with Gasteiger partial charge >= 0.3 is 12.2 Å². The number of fused-ring (bicyclic) bond motifs is 1. The van der Waals surface area contributed by atoms with E-state index in [9.17, 15) is 27.9 Å². The van der Waals surface area contributed by atoms with E-state index in [1.807, 2.05) is 18.2 Å². The monoisotopic (exact) mass is 497 g/mol. The first-order valence-corrected chi connectivity index (χ1v) is 11.5. The highest BCUT2D eigenvalue weighted by Gasteiger charge is 2.30. The molecule has 0 unspecified atom stereocenters. The lowest BCUT2D eigenvalue weighted by Crippen LogP contribution is -2.44.